The van der Waals surface area contributed by atoms with Gasteiger partial charge in [-0.25, -0.2) is 22.2 Å². The SMILES string of the molecule is CCS(=O)(=O)CCNc1nc(NC)c(F)cc1F. The van der Waals surface area contributed by atoms with Crippen molar-refractivity contribution in [3.8, 4) is 0 Å². The zero-order valence-corrected chi connectivity index (χ0v) is 10.9. The van der Waals surface area contributed by atoms with E-state index in [0.29, 0.717) is 6.07 Å². The molecule has 0 unspecified atom stereocenters. The van der Waals surface area contributed by atoms with Crippen LogP contribution in [0, 0.1) is 11.6 Å². The van der Waals surface area contributed by atoms with Crippen LogP contribution in [0.5, 0.6) is 0 Å². The van der Waals surface area contributed by atoms with E-state index < -0.39 is 21.5 Å². The van der Waals surface area contributed by atoms with E-state index in [0.717, 1.165) is 0 Å². The molecule has 0 fully saturated rings. The van der Waals surface area contributed by atoms with Crippen LogP contribution < -0.4 is 10.6 Å². The standard InChI is InChI=1S/C10H15F2N3O2S/c1-3-18(16,17)5-4-14-10-8(12)6-7(11)9(13-2)15-10/h6H,3-5H2,1-2H3,(H2,13,14,15). The van der Waals surface area contributed by atoms with E-state index in [1.807, 2.05) is 0 Å². The summed E-state index contributed by atoms with van der Waals surface area (Å²) in [7, 11) is -1.68. The summed E-state index contributed by atoms with van der Waals surface area (Å²) in [5.41, 5.74) is 0. The van der Waals surface area contributed by atoms with Gasteiger partial charge in [0.05, 0.1) is 5.75 Å². The molecule has 2 N–H and O–H groups in total. The third-order valence-corrected chi connectivity index (χ3v) is 4.02. The molecule has 0 amide bonds. The minimum absolute atomic E-state index is 0.0227. The number of nitrogens with one attached hydrogen (secondary N) is 2. The van der Waals surface area contributed by atoms with Gasteiger partial charge in [0.25, 0.3) is 0 Å². The lowest BCUT2D eigenvalue weighted by Crippen LogP contribution is -2.18. The number of anilines is 2. The molecule has 0 aliphatic carbocycles. The number of hydrogen-bond acceptors (Lipinski definition) is 5. The Bertz CT molecular complexity index is 520. The van der Waals surface area contributed by atoms with Gasteiger partial charge in [-0.2, -0.15) is 0 Å². The smallest absolute Gasteiger partial charge is 0.168 e. The first kappa shape index (κ1) is 14.6. The molecule has 8 heteroatoms. The van der Waals surface area contributed by atoms with E-state index in [9.17, 15) is 17.2 Å². The van der Waals surface area contributed by atoms with Gasteiger partial charge in [-0.3, -0.25) is 0 Å². The second kappa shape index (κ2) is 5.94. The monoisotopic (exact) mass is 279 g/mol. The van der Waals surface area contributed by atoms with E-state index >= 15 is 0 Å². The molecule has 0 saturated heterocycles. The molecular formula is C10H15F2N3O2S. The molecule has 102 valence electrons. The van der Waals surface area contributed by atoms with Gasteiger partial charge >= 0.3 is 0 Å². The molecule has 0 spiro atoms. The van der Waals surface area contributed by atoms with Crippen LogP contribution in [-0.2, 0) is 9.84 Å². The Morgan fingerprint density at radius 3 is 2.44 bits per heavy atom. The molecule has 0 saturated carbocycles. The van der Waals surface area contributed by atoms with Crippen molar-refractivity contribution >= 4 is 21.5 Å². The van der Waals surface area contributed by atoms with E-state index in [4.69, 9.17) is 0 Å². The van der Waals surface area contributed by atoms with Crippen molar-refractivity contribution < 1.29 is 17.2 Å². The fourth-order valence-electron chi connectivity index (χ4n) is 1.24. The Hall–Kier alpha value is -1.44. The molecule has 0 atom stereocenters. The second-order valence-electron chi connectivity index (χ2n) is 3.56. The normalized spacial score (nSPS) is 11.3. The Morgan fingerprint density at radius 1 is 1.28 bits per heavy atom. The molecule has 1 aromatic heterocycles. The van der Waals surface area contributed by atoms with Crippen LogP contribution in [0.2, 0.25) is 0 Å². The molecule has 0 aromatic carbocycles. The lowest BCUT2D eigenvalue weighted by atomic mass is 10.4. The summed E-state index contributed by atoms with van der Waals surface area (Å²) in [5.74, 6) is -2.04. The van der Waals surface area contributed by atoms with Crippen LogP contribution in [0.15, 0.2) is 6.07 Å². The fourth-order valence-corrected chi connectivity index (χ4v) is 1.94. The summed E-state index contributed by atoms with van der Waals surface area (Å²) < 4.78 is 48.9. The topological polar surface area (TPSA) is 71.1 Å². The van der Waals surface area contributed by atoms with Gasteiger partial charge in [0.2, 0.25) is 0 Å². The molecule has 18 heavy (non-hydrogen) atoms. The maximum atomic E-state index is 13.3. The average Bonchev–Trinajstić information content (AvgIpc) is 2.32. The van der Waals surface area contributed by atoms with Crippen LogP contribution in [0.1, 0.15) is 6.92 Å². The van der Waals surface area contributed by atoms with Gasteiger partial charge in [-0.1, -0.05) is 6.92 Å². The molecule has 0 aliphatic heterocycles. The largest absolute Gasteiger partial charge is 0.371 e. The number of halogens is 2. The third kappa shape index (κ3) is 3.80. The van der Waals surface area contributed by atoms with E-state index in [2.05, 4.69) is 15.6 Å². The van der Waals surface area contributed by atoms with Gasteiger partial charge in [0.1, 0.15) is 0 Å². The Morgan fingerprint density at radius 2 is 1.89 bits per heavy atom. The summed E-state index contributed by atoms with van der Waals surface area (Å²) in [6, 6.07) is 0.690. The summed E-state index contributed by atoms with van der Waals surface area (Å²) >= 11 is 0. The number of pyridine rings is 1. The van der Waals surface area contributed by atoms with Crippen molar-refractivity contribution in [2.75, 3.05) is 35.7 Å². The molecule has 0 radical (unpaired) electrons. The number of rotatable bonds is 6. The summed E-state index contributed by atoms with van der Waals surface area (Å²) in [5, 5.41) is 5.00. The minimum atomic E-state index is -3.13. The van der Waals surface area contributed by atoms with Crippen LogP contribution >= 0.6 is 0 Å². The first-order chi connectivity index (χ1) is 8.39. The minimum Gasteiger partial charge on any atom is -0.371 e. The highest BCUT2D eigenvalue weighted by Gasteiger charge is 2.12. The van der Waals surface area contributed by atoms with Crippen molar-refractivity contribution in [1.82, 2.24) is 4.98 Å². The van der Waals surface area contributed by atoms with Gasteiger partial charge in [0, 0.05) is 25.4 Å². The van der Waals surface area contributed by atoms with Crippen LogP contribution in [0.3, 0.4) is 0 Å². The lowest BCUT2D eigenvalue weighted by molar-refractivity contribution is 0.578. The quantitative estimate of drug-likeness (QED) is 0.820. The lowest BCUT2D eigenvalue weighted by Gasteiger charge is -2.09. The second-order valence-corrected chi connectivity index (χ2v) is 6.04. The van der Waals surface area contributed by atoms with Crippen molar-refractivity contribution in [2.45, 2.75) is 6.92 Å². The summed E-state index contributed by atoms with van der Waals surface area (Å²) in [4.78, 5) is 3.67. The number of hydrogen-bond donors (Lipinski definition) is 2. The molecule has 5 nitrogen and oxygen atoms in total. The van der Waals surface area contributed by atoms with Gasteiger partial charge < -0.3 is 10.6 Å². The highest BCUT2D eigenvalue weighted by molar-refractivity contribution is 7.91. The average molecular weight is 279 g/mol. The van der Waals surface area contributed by atoms with E-state index in [-0.39, 0.29) is 29.7 Å². The van der Waals surface area contributed by atoms with Crippen LogP contribution in [-0.4, -0.2) is 38.5 Å². The molecule has 1 heterocycles. The maximum absolute atomic E-state index is 13.3. The Kier molecular flexibility index (Phi) is 4.83. The Labute approximate surface area is 105 Å². The van der Waals surface area contributed by atoms with E-state index in [1.54, 1.807) is 0 Å². The molecular weight excluding hydrogens is 264 g/mol. The predicted molar refractivity (Wildman–Crippen MR) is 66.5 cm³/mol. The highest BCUT2D eigenvalue weighted by atomic mass is 32.2. The number of nitrogens with zero attached hydrogens (tertiary/aromatic N) is 1. The zero-order chi connectivity index (χ0) is 13.8. The van der Waals surface area contributed by atoms with E-state index in [1.165, 1.54) is 14.0 Å². The number of aromatic nitrogens is 1. The molecule has 1 rings (SSSR count). The highest BCUT2D eigenvalue weighted by Crippen LogP contribution is 2.18. The molecule has 0 bridgehead atoms. The molecule has 0 aliphatic rings. The van der Waals surface area contributed by atoms with Crippen molar-refractivity contribution in [2.24, 2.45) is 0 Å². The van der Waals surface area contributed by atoms with Gasteiger partial charge in [-0.15, -0.1) is 0 Å². The van der Waals surface area contributed by atoms with Gasteiger partial charge in [-0.05, 0) is 0 Å². The first-order valence-corrected chi connectivity index (χ1v) is 7.20. The van der Waals surface area contributed by atoms with Crippen molar-refractivity contribution in [3.05, 3.63) is 17.7 Å². The zero-order valence-electron chi connectivity index (χ0n) is 10.1. The van der Waals surface area contributed by atoms with Crippen LogP contribution in [0.25, 0.3) is 0 Å². The van der Waals surface area contributed by atoms with Gasteiger partial charge in [0.15, 0.2) is 33.1 Å². The molecule has 1 aromatic rings. The summed E-state index contributed by atoms with van der Waals surface area (Å²) in [6.45, 7) is 1.56. The van der Waals surface area contributed by atoms with Crippen molar-refractivity contribution in [3.63, 3.8) is 0 Å². The summed E-state index contributed by atoms with van der Waals surface area (Å²) in [6.07, 6.45) is 0. The first-order valence-electron chi connectivity index (χ1n) is 5.37. The maximum Gasteiger partial charge on any atom is 0.168 e. The van der Waals surface area contributed by atoms with Crippen LogP contribution in [0.4, 0.5) is 20.4 Å². The Balaban J connectivity index is 2.74. The fraction of sp³-hybridized carbons (Fsp3) is 0.500. The van der Waals surface area contributed by atoms with Crippen molar-refractivity contribution in [1.29, 1.82) is 0 Å². The third-order valence-electron chi connectivity index (χ3n) is 2.31. The predicted octanol–water partition coefficient (Wildman–Crippen LogP) is 1.25. The number of sulfone groups is 1.